The van der Waals surface area contributed by atoms with Crippen molar-refractivity contribution in [1.82, 2.24) is 5.32 Å². The molecular weight excluding hydrogens is 306 g/mol. The first-order chi connectivity index (χ1) is 11.6. The molecule has 3 rings (SSSR count). The molecule has 2 atom stereocenters. The number of carbonyl (C=O) groups excluding carboxylic acids is 1. The molecule has 0 fully saturated rings. The van der Waals surface area contributed by atoms with Crippen LogP contribution >= 0.6 is 0 Å². The first-order valence-electron chi connectivity index (χ1n) is 8.02. The largest absolute Gasteiger partial charge is 0.449 e. The molecule has 1 amide bonds. The SMILES string of the molecule is C[C@@H](O)C(CO)NC(=O)OCC1c2ccccc2-c2ccccc21. The van der Waals surface area contributed by atoms with Gasteiger partial charge < -0.3 is 20.3 Å². The van der Waals surface area contributed by atoms with Gasteiger partial charge in [0.2, 0.25) is 0 Å². The number of fused-ring (bicyclic) bond motifs is 3. The van der Waals surface area contributed by atoms with Crippen molar-refractivity contribution in [3.8, 4) is 11.1 Å². The highest BCUT2D eigenvalue weighted by molar-refractivity contribution is 5.79. The Labute approximate surface area is 140 Å². The van der Waals surface area contributed by atoms with Crippen LogP contribution in [0.5, 0.6) is 0 Å². The van der Waals surface area contributed by atoms with Crippen molar-refractivity contribution in [3.05, 3.63) is 59.7 Å². The third kappa shape index (κ3) is 3.13. The fourth-order valence-electron chi connectivity index (χ4n) is 3.11. The number of hydrogen-bond acceptors (Lipinski definition) is 4. The molecule has 1 aliphatic rings. The second kappa shape index (κ2) is 7.03. The number of carbonyl (C=O) groups is 1. The quantitative estimate of drug-likeness (QED) is 0.787. The molecule has 1 aliphatic carbocycles. The molecule has 1 unspecified atom stereocenters. The van der Waals surface area contributed by atoms with Crippen LogP contribution in [0.1, 0.15) is 24.0 Å². The summed E-state index contributed by atoms with van der Waals surface area (Å²) in [6.45, 7) is 1.37. The smallest absolute Gasteiger partial charge is 0.407 e. The Kier molecular flexibility index (Phi) is 4.83. The summed E-state index contributed by atoms with van der Waals surface area (Å²) >= 11 is 0. The van der Waals surface area contributed by atoms with Crippen molar-refractivity contribution in [1.29, 1.82) is 0 Å². The third-order valence-electron chi connectivity index (χ3n) is 4.43. The number of benzene rings is 2. The summed E-state index contributed by atoms with van der Waals surface area (Å²) in [5.74, 6) is -0.0118. The Hall–Kier alpha value is -2.37. The maximum absolute atomic E-state index is 11.9. The van der Waals surface area contributed by atoms with Gasteiger partial charge in [0.15, 0.2) is 0 Å². The van der Waals surface area contributed by atoms with Gasteiger partial charge in [0.25, 0.3) is 0 Å². The van der Waals surface area contributed by atoms with E-state index in [1.807, 2.05) is 36.4 Å². The van der Waals surface area contributed by atoms with Gasteiger partial charge in [-0.1, -0.05) is 48.5 Å². The third-order valence-corrected chi connectivity index (χ3v) is 4.43. The molecule has 0 radical (unpaired) electrons. The Balaban J connectivity index is 1.73. The molecular formula is C19H21NO4. The van der Waals surface area contributed by atoms with Crippen LogP contribution < -0.4 is 5.32 Å². The van der Waals surface area contributed by atoms with Crippen LogP contribution in [0.15, 0.2) is 48.5 Å². The molecule has 0 heterocycles. The Morgan fingerprint density at radius 1 is 1.12 bits per heavy atom. The highest BCUT2D eigenvalue weighted by atomic mass is 16.5. The molecule has 0 bridgehead atoms. The summed E-state index contributed by atoms with van der Waals surface area (Å²) in [4.78, 5) is 11.9. The molecule has 2 aromatic carbocycles. The Bertz CT molecular complexity index is 683. The lowest BCUT2D eigenvalue weighted by Gasteiger charge is -2.20. The lowest BCUT2D eigenvalue weighted by Crippen LogP contribution is -2.45. The normalized spacial score (nSPS) is 15.3. The average molecular weight is 327 g/mol. The predicted octanol–water partition coefficient (Wildman–Crippen LogP) is 2.27. The van der Waals surface area contributed by atoms with Gasteiger partial charge in [0.1, 0.15) is 6.61 Å². The second-order valence-electron chi connectivity index (χ2n) is 6.00. The lowest BCUT2D eigenvalue weighted by atomic mass is 9.98. The summed E-state index contributed by atoms with van der Waals surface area (Å²) in [5.41, 5.74) is 4.61. The molecule has 0 saturated carbocycles. The number of alkyl carbamates (subject to hydrolysis) is 1. The second-order valence-corrected chi connectivity index (χ2v) is 6.00. The van der Waals surface area contributed by atoms with E-state index < -0.39 is 18.2 Å². The van der Waals surface area contributed by atoms with Crippen molar-refractivity contribution < 1.29 is 19.7 Å². The molecule has 2 aromatic rings. The van der Waals surface area contributed by atoms with Crippen molar-refractivity contribution >= 4 is 6.09 Å². The van der Waals surface area contributed by atoms with Crippen LogP contribution in [0.3, 0.4) is 0 Å². The number of rotatable bonds is 5. The number of aliphatic hydroxyl groups excluding tert-OH is 2. The van der Waals surface area contributed by atoms with Crippen LogP contribution in [-0.2, 0) is 4.74 Å². The van der Waals surface area contributed by atoms with Crippen LogP contribution in [0, 0.1) is 0 Å². The number of nitrogens with one attached hydrogen (secondary N) is 1. The van der Waals surface area contributed by atoms with Crippen molar-refractivity contribution in [2.45, 2.75) is 25.0 Å². The van der Waals surface area contributed by atoms with E-state index in [9.17, 15) is 9.90 Å². The molecule has 5 nitrogen and oxygen atoms in total. The summed E-state index contributed by atoms with van der Waals surface area (Å²) in [6, 6.07) is 15.5. The van der Waals surface area contributed by atoms with Gasteiger partial charge in [-0.3, -0.25) is 0 Å². The molecule has 0 aromatic heterocycles. The predicted molar refractivity (Wildman–Crippen MR) is 90.8 cm³/mol. The zero-order valence-electron chi connectivity index (χ0n) is 13.5. The summed E-state index contributed by atoms with van der Waals surface area (Å²) in [6.07, 6.45) is -1.49. The fraction of sp³-hybridized carbons (Fsp3) is 0.316. The highest BCUT2D eigenvalue weighted by Crippen LogP contribution is 2.44. The number of ether oxygens (including phenoxy) is 1. The zero-order chi connectivity index (χ0) is 17.1. The van der Waals surface area contributed by atoms with E-state index in [2.05, 4.69) is 17.4 Å². The Morgan fingerprint density at radius 2 is 1.67 bits per heavy atom. The van der Waals surface area contributed by atoms with E-state index in [-0.39, 0.29) is 19.1 Å². The Morgan fingerprint density at radius 3 is 2.17 bits per heavy atom. The first kappa shape index (κ1) is 16.5. The van der Waals surface area contributed by atoms with E-state index in [0.29, 0.717) is 0 Å². The van der Waals surface area contributed by atoms with E-state index >= 15 is 0 Å². The molecule has 0 spiro atoms. The van der Waals surface area contributed by atoms with Crippen molar-refractivity contribution in [2.24, 2.45) is 0 Å². The highest BCUT2D eigenvalue weighted by Gasteiger charge is 2.29. The fourth-order valence-corrected chi connectivity index (χ4v) is 3.11. The maximum atomic E-state index is 11.9. The van der Waals surface area contributed by atoms with Gasteiger partial charge in [-0.2, -0.15) is 0 Å². The molecule has 5 heteroatoms. The van der Waals surface area contributed by atoms with E-state index in [0.717, 1.165) is 11.1 Å². The summed E-state index contributed by atoms with van der Waals surface area (Å²) in [5, 5.41) is 21.1. The van der Waals surface area contributed by atoms with Gasteiger partial charge in [-0.05, 0) is 29.2 Å². The van der Waals surface area contributed by atoms with Gasteiger partial charge in [-0.15, -0.1) is 0 Å². The van der Waals surface area contributed by atoms with Crippen LogP contribution in [0.25, 0.3) is 11.1 Å². The standard InChI is InChI=1S/C19H21NO4/c1-12(22)18(10-21)20-19(23)24-11-17-15-8-4-2-6-13(15)14-7-3-5-9-16(14)17/h2-9,12,17-18,21-22H,10-11H2,1H3,(H,20,23)/t12-,18?/m1/s1. The molecule has 126 valence electrons. The first-order valence-corrected chi connectivity index (χ1v) is 8.02. The van der Waals surface area contributed by atoms with Crippen molar-refractivity contribution in [3.63, 3.8) is 0 Å². The van der Waals surface area contributed by atoms with Gasteiger partial charge >= 0.3 is 6.09 Å². The van der Waals surface area contributed by atoms with Crippen LogP contribution in [0.4, 0.5) is 4.79 Å². The van der Waals surface area contributed by atoms with E-state index in [1.54, 1.807) is 0 Å². The van der Waals surface area contributed by atoms with Crippen LogP contribution in [-0.4, -0.2) is 41.7 Å². The molecule has 24 heavy (non-hydrogen) atoms. The van der Waals surface area contributed by atoms with Gasteiger partial charge in [-0.25, -0.2) is 4.79 Å². The monoisotopic (exact) mass is 327 g/mol. The van der Waals surface area contributed by atoms with Gasteiger partial charge in [0.05, 0.1) is 18.8 Å². The minimum atomic E-state index is -0.851. The van der Waals surface area contributed by atoms with Gasteiger partial charge in [0, 0.05) is 5.92 Å². The topological polar surface area (TPSA) is 78.8 Å². The zero-order valence-corrected chi connectivity index (χ0v) is 13.5. The minimum absolute atomic E-state index is 0.0118. The summed E-state index contributed by atoms with van der Waals surface area (Å²) in [7, 11) is 0. The minimum Gasteiger partial charge on any atom is -0.449 e. The molecule has 0 aliphatic heterocycles. The summed E-state index contributed by atoms with van der Waals surface area (Å²) < 4.78 is 5.35. The molecule has 0 saturated heterocycles. The lowest BCUT2D eigenvalue weighted by molar-refractivity contribution is 0.0872. The van der Waals surface area contributed by atoms with Crippen molar-refractivity contribution in [2.75, 3.05) is 13.2 Å². The van der Waals surface area contributed by atoms with E-state index in [4.69, 9.17) is 9.84 Å². The number of hydrogen-bond donors (Lipinski definition) is 3. The molecule has 3 N–H and O–H groups in total. The maximum Gasteiger partial charge on any atom is 0.407 e. The van der Waals surface area contributed by atoms with E-state index in [1.165, 1.54) is 18.1 Å². The average Bonchev–Trinajstić information content (AvgIpc) is 2.91. The number of amides is 1. The number of aliphatic hydroxyl groups is 2. The van der Waals surface area contributed by atoms with Crippen LogP contribution in [0.2, 0.25) is 0 Å².